The fourth-order valence-corrected chi connectivity index (χ4v) is 2.22. The van der Waals surface area contributed by atoms with Crippen LogP contribution in [0, 0.1) is 0 Å². The van der Waals surface area contributed by atoms with Crippen LogP contribution in [0.5, 0.6) is 0 Å². The van der Waals surface area contributed by atoms with E-state index in [1.165, 1.54) is 7.11 Å². The molecule has 82 valence electrons. The topological polar surface area (TPSA) is 29.5 Å². The average Bonchev–Trinajstić information content (AvgIpc) is 2.16. The van der Waals surface area contributed by atoms with Crippen molar-refractivity contribution in [3.63, 3.8) is 0 Å². The van der Waals surface area contributed by atoms with Crippen LogP contribution in [0.3, 0.4) is 0 Å². The van der Waals surface area contributed by atoms with Crippen LogP contribution in [-0.2, 0) is 4.74 Å². The van der Waals surface area contributed by atoms with Crippen molar-refractivity contribution < 1.29 is 9.53 Å². The standard InChI is InChI=1S/C10H11BrClNO2/c1-13(2)9-4-6(10(14)15-3)8(12)5-7(9)11/h4-5H,1-3H3. The first kappa shape index (κ1) is 12.3. The van der Waals surface area contributed by atoms with E-state index in [0.29, 0.717) is 10.6 Å². The van der Waals surface area contributed by atoms with Crippen molar-refractivity contribution in [1.82, 2.24) is 0 Å². The molecule has 0 N–H and O–H groups in total. The Bertz CT molecular complexity index is 393. The molecule has 0 aliphatic rings. The fraction of sp³-hybridized carbons (Fsp3) is 0.300. The Kier molecular flexibility index (Phi) is 3.99. The molecule has 0 saturated heterocycles. The molecule has 15 heavy (non-hydrogen) atoms. The zero-order chi connectivity index (χ0) is 11.6. The van der Waals surface area contributed by atoms with Gasteiger partial charge in [-0.05, 0) is 28.1 Å². The highest BCUT2D eigenvalue weighted by atomic mass is 79.9. The van der Waals surface area contributed by atoms with Crippen molar-refractivity contribution in [3.05, 3.63) is 27.2 Å². The number of carbonyl (C=O) groups is 1. The van der Waals surface area contributed by atoms with E-state index in [2.05, 4.69) is 20.7 Å². The van der Waals surface area contributed by atoms with Crippen molar-refractivity contribution in [2.45, 2.75) is 0 Å². The summed E-state index contributed by atoms with van der Waals surface area (Å²) in [5, 5.41) is 0.374. The third-order valence-corrected chi connectivity index (χ3v) is 2.87. The molecule has 0 unspecified atom stereocenters. The summed E-state index contributed by atoms with van der Waals surface area (Å²) in [7, 11) is 5.10. The van der Waals surface area contributed by atoms with Gasteiger partial charge in [0.1, 0.15) is 0 Å². The van der Waals surface area contributed by atoms with E-state index in [1.807, 2.05) is 19.0 Å². The Balaban J connectivity index is 3.29. The summed E-state index contributed by atoms with van der Waals surface area (Å²) in [6.45, 7) is 0. The summed E-state index contributed by atoms with van der Waals surface area (Å²) in [5.41, 5.74) is 1.24. The van der Waals surface area contributed by atoms with E-state index in [4.69, 9.17) is 11.6 Å². The van der Waals surface area contributed by atoms with Gasteiger partial charge in [-0.2, -0.15) is 0 Å². The maximum absolute atomic E-state index is 11.4. The number of benzene rings is 1. The van der Waals surface area contributed by atoms with Crippen molar-refractivity contribution in [2.24, 2.45) is 0 Å². The molecule has 0 heterocycles. The molecule has 0 aliphatic heterocycles. The van der Waals surface area contributed by atoms with E-state index in [9.17, 15) is 4.79 Å². The molecule has 0 bridgehead atoms. The summed E-state index contributed by atoms with van der Waals surface area (Å²) in [5.74, 6) is -0.435. The summed E-state index contributed by atoms with van der Waals surface area (Å²) < 4.78 is 5.47. The summed E-state index contributed by atoms with van der Waals surface area (Å²) >= 11 is 9.31. The minimum Gasteiger partial charge on any atom is -0.465 e. The number of carbonyl (C=O) groups excluding carboxylic acids is 1. The van der Waals surface area contributed by atoms with Crippen molar-refractivity contribution in [3.8, 4) is 0 Å². The van der Waals surface area contributed by atoms with E-state index < -0.39 is 5.97 Å². The molecule has 1 aromatic carbocycles. The number of methoxy groups -OCH3 is 1. The van der Waals surface area contributed by atoms with Crippen LogP contribution >= 0.6 is 27.5 Å². The van der Waals surface area contributed by atoms with Gasteiger partial charge in [0.05, 0.1) is 23.4 Å². The van der Waals surface area contributed by atoms with Crippen molar-refractivity contribution in [2.75, 3.05) is 26.1 Å². The van der Waals surface area contributed by atoms with Gasteiger partial charge in [-0.25, -0.2) is 4.79 Å². The zero-order valence-electron chi connectivity index (χ0n) is 8.67. The van der Waals surface area contributed by atoms with Gasteiger partial charge in [0, 0.05) is 18.6 Å². The molecule has 0 amide bonds. The molecule has 0 spiro atoms. The Morgan fingerprint density at radius 2 is 2.07 bits per heavy atom. The second-order valence-electron chi connectivity index (χ2n) is 3.17. The van der Waals surface area contributed by atoms with Gasteiger partial charge in [0.15, 0.2) is 0 Å². The molecule has 0 saturated carbocycles. The second-order valence-corrected chi connectivity index (χ2v) is 4.43. The number of halogens is 2. The third-order valence-electron chi connectivity index (χ3n) is 1.92. The predicted molar refractivity (Wildman–Crippen MR) is 64.8 cm³/mol. The maximum atomic E-state index is 11.4. The first-order valence-electron chi connectivity index (χ1n) is 4.22. The minimum atomic E-state index is -0.435. The lowest BCUT2D eigenvalue weighted by atomic mass is 10.2. The van der Waals surface area contributed by atoms with E-state index in [-0.39, 0.29) is 0 Å². The van der Waals surface area contributed by atoms with Gasteiger partial charge in [0.25, 0.3) is 0 Å². The number of nitrogens with zero attached hydrogens (tertiary/aromatic N) is 1. The van der Waals surface area contributed by atoms with E-state index >= 15 is 0 Å². The van der Waals surface area contributed by atoms with Crippen LogP contribution in [-0.4, -0.2) is 27.2 Å². The van der Waals surface area contributed by atoms with Crippen molar-refractivity contribution in [1.29, 1.82) is 0 Å². The summed E-state index contributed by atoms with van der Waals surface area (Å²) in [6.07, 6.45) is 0. The predicted octanol–water partition coefficient (Wildman–Crippen LogP) is 2.96. The van der Waals surface area contributed by atoms with Gasteiger partial charge in [-0.1, -0.05) is 11.6 Å². The van der Waals surface area contributed by atoms with Gasteiger partial charge < -0.3 is 9.64 Å². The number of hydrogen-bond donors (Lipinski definition) is 0. The van der Waals surface area contributed by atoms with Gasteiger partial charge in [0.2, 0.25) is 0 Å². The monoisotopic (exact) mass is 291 g/mol. The van der Waals surface area contributed by atoms with Gasteiger partial charge in [-0.15, -0.1) is 0 Å². The lowest BCUT2D eigenvalue weighted by Crippen LogP contribution is -2.11. The van der Waals surface area contributed by atoms with Crippen LogP contribution in [0.15, 0.2) is 16.6 Å². The number of rotatable bonds is 2. The van der Waals surface area contributed by atoms with E-state index in [1.54, 1.807) is 12.1 Å². The third kappa shape index (κ3) is 2.63. The molecule has 3 nitrogen and oxygen atoms in total. The molecule has 0 aliphatic carbocycles. The second kappa shape index (κ2) is 4.86. The molecule has 0 fully saturated rings. The summed E-state index contributed by atoms with van der Waals surface area (Å²) in [4.78, 5) is 13.3. The zero-order valence-corrected chi connectivity index (χ0v) is 11.0. The Morgan fingerprint density at radius 1 is 1.47 bits per heavy atom. The first-order chi connectivity index (χ1) is 6.97. The largest absolute Gasteiger partial charge is 0.465 e. The van der Waals surface area contributed by atoms with Crippen LogP contribution in [0.4, 0.5) is 5.69 Å². The van der Waals surface area contributed by atoms with Gasteiger partial charge in [-0.3, -0.25) is 0 Å². The van der Waals surface area contributed by atoms with E-state index in [0.717, 1.165) is 10.2 Å². The lowest BCUT2D eigenvalue weighted by Gasteiger charge is -2.16. The van der Waals surface area contributed by atoms with Crippen molar-refractivity contribution >= 4 is 39.2 Å². The molecule has 0 atom stereocenters. The first-order valence-corrected chi connectivity index (χ1v) is 5.39. The Morgan fingerprint density at radius 3 is 2.53 bits per heavy atom. The van der Waals surface area contributed by atoms with Crippen LogP contribution < -0.4 is 4.90 Å². The Hall–Kier alpha value is -0.740. The SMILES string of the molecule is COC(=O)c1cc(N(C)C)c(Br)cc1Cl. The average molecular weight is 293 g/mol. The molecule has 1 rings (SSSR count). The minimum absolute atomic E-state index is 0.367. The van der Waals surface area contributed by atoms with Gasteiger partial charge >= 0.3 is 5.97 Å². The van der Waals surface area contributed by atoms with Crippen LogP contribution in [0.2, 0.25) is 5.02 Å². The Labute approximate surface area is 102 Å². The molecule has 0 radical (unpaired) electrons. The molecular formula is C10H11BrClNO2. The molecule has 0 aromatic heterocycles. The van der Waals surface area contributed by atoms with Crippen LogP contribution in [0.1, 0.15) is 10.4 Å². The maximum Gasteiger partial charge on any atom is 0.339 e. The molecular weight excluding hydrogens is 281 g/mol. The quantitative estimate of drug-likeness (QED) is 0.785. The molecule has 5 heteroatoms. The van der Waals surface area contributed by atoms with Crippen LogP contribution in [0.25, 0.3) is 0 Å². The summed E-state index contributed by atoms with van der Waals surface area (Å²) in [6, 6.07) is 3.38. The fourth-order valence-electron chi connectivity index (χ4n) is 1.15. The highest BCUT2D eigenvalue weighted by molar-refractivity contribution is 9.10. The lowest BCUT2D eigenvalue weighted by molar-refractivity contribution is 0.0601. The number of hydrogen-bond acceptors (Lipinski definition) is 3. The highest BCUT2D eigenvalue weighted by Crippen LogP contribution is 2.31. The number of esters is 1. The highest BCUT2D eigenvalue weighted by Gasteiger charge is 2.14. The number of ether oxygens (including phenoxy) is 1. The smallest absolute Gasteiger partial charge is 0.339 e. The molecule has 1 aromatic rings. The normalized spacial score (nSPS) is 9.93. The number of anilines is 1.